The van der Waals surface area contributed by atoms with E-state index in [1.807, 2.05) is 44.2 Å². The second-order valence-electron chi connectivity index (χ2n) is 9.18. The van der Waals surface area contributed by atoms with Crippen LogP contribution in [-0.4, -0.2) is 20.6 Å². The third kappa shape index (κ3) is 3.30. The van der Waals surface area contributed by atoms with E-state index < -0.39 is 10.0 Å². The summed E-state index contributed by atoms with van der Waals surface area (Å²) in [4.78, 5) is 0.287. The SMILES string of the molecule is Cc1ccc(NS(=O)(=O)c2ccc3c(c2)C2OCCC2C2(CCCCC2)N3)cc1C. The van der Waals surface area contributed by atoms with Crippen LogP contribution in [0.1, 0.15) is 61.3 Å². The minimum atomic E-state index is -3.67. The van der Waals surface area contributed by atoms with Crippen molar-refractivity contribution in [3.05, 3.63) is 53.1 Å². The summed E-state index contributed by atoms with van der Waals surface area (Å²) in [5.41, 5.74) is 4.90. The first-order valence-electron chi connectivity index (χ1n) is 11.0. The molecule has 0 bridgehead atoms. The topological polar surface area (TPSA) is 67.4 Å². The molecule has 160 valence electrons. The molecule has 1 saturated heterocycles. The summed E-state index contributed by atoms with van der Waals surface area (Å²) >= 11 is 0. The van der Waals surface area contributed by atoms with Crippen molar-refractivity contribution in [3.8, 4) is 0 Å². The van der Waals surface area contributed by atoms with Crippen LogP contribution in [0.5, 0.6) is 0 Å². The number of ether oxygens (including phenoxy) is 1. The van der Waals surface area contributed by atoms with Crippen molar-refractivity contribution in [2.24, 2.45) is 5.92 Å². The minimum Gasteiger partial charge on any atom is -0.379 e. The van der Waals surface area contributed by atoms with E-state index in [1.54, 1.807) is 6.07 Å². The Hall–Kier alpha value is -2.05. The van der Waals surface area contributed by atoms with Crippen molar-refractivity contribution in [3.63, 3.8) is 0 Å². The van der Waals surface area contributed by atoms with Crippen LogP contribution in [0.2, 0.25) is 0 Å². The molecule has 2 atom stereocenters. The van der Waals surface area contributed by atoms with E-state index in [0.717, 1.165) is 35.4 Å². The monoisotopic (exact) mass is 426 g/mol. The van der Waals surface area contributed by atoms with Gasteiger partial charge in [0.15, 0.2) is 0 Å². The largest absolute Gasteiger partial charge is 0.379 e. The molecule has 1 saturated carbocycles. The summed E-state index contributed by atoms with van der Waals surface area (Å²) in [5.74, 6) is 0.413. The van der Waals surface area contributed by atoms with Crippen LogP contribution >= 0.6 is 0 Å². The van der Waals surface area contributed by atoms with Crippen LogP contribution < -0.4 is 10.0 Å². The summed E-state index contributed by atoms with van der Waals surface area (Å²) in [6, 6.07) is 11.1. The lowest BCUT2D eigenvalue weighted by Crippen LogP contribution is -2.51. The highest BCUT2D eigenvalue weighted by atomic mass is 32.2. The van der Waals surface area contributed by atoms with Gasteiger partial charge in [0.05, 0.1) is 11.0 Å². The molecule has 6 heteroatoms. The van der Waals surface area contributed by atoms with Crippen LogP contribution in [0.15, 0.2) is 41.3 Å². The standard InChI is InChI=1S/C24H30N2O3S/c1-16-6-7-18(14-17(16)2)26-30(27,28)19-8-9-22-20(15-19)23-21(10-13-29-23)24(25-22)11-4-3-5-12-24/h6-9,14-15,21,23,25-26H,3-5,10-13H2,1-2H3. The van der Waals surface area contributed by atoms with Gasteiger partial charge in [0.2, 0.25) is 0 Å². The smallest absolute Gasteiger partial charge is 0.261 e. The van der Waals surface area contributed by atoms with Gasteiger partial charge in [-0.2, -0.15) is 0 Å². The highest BCUT2D eigenvalue weighted by Crippen LogP contribution is 2.54. The van der Waals surface area contributed by atoms with Gasteiger partial charge in [0.1, 0.15) is 0 Å². The number of benzene rings is 2. The molecule has 0 aromatic heterocycles. The van der Waals surface area contributed by atoms with Crippen LogP contribution in [0.3, 0.4) is 0 Å². The number of aryl methyl sites for hydroxylation is 2. The molecule has 2 fully saturated rings. The zero-order valence-corrected chi connectivity index (χ0v) is 18.5. The maximum atomic E-state index is 13.1. The fourth-order valence-corrected chi connectivity index (χ4v) is 6.66. The van der Waals surface area contributed by atoms with Gasteiger partial charge >= 0.3 is 0 Å². The van der Waals surface area contributed by atoms with Crippen LogP contribution in [0.25, 0.3) is 0 Å². The quantitative estimate of drug-likeness (QED) is 0.698. The van der Waals surface area contributed by atoms with Gasteiger partial charge in [-0.3, -0.25) is 4.72 Å². The van der Waals surface area contributed by atoms with Crippen molar-refractivity contribution in [2.75, 3.05) is 16.6 Å². The highest BCUT2D eigenvalue weighted by Gasteiger charge is 2.50. The normalized spacial score (nSPS) is 24.7. The molecule has 5 rings (SSSR count). The van der Waals surface area contributed by atoms with Gasteiger partial charge < -0.3 is 10.1 Å². The Morgan fingerprint density at radius 1 is 1.03 bits per heavy atom. The third-order valence-electron chi connectivity index (χ3n) is 7.33. The lowest BCUT2D eigenvalue weighted by atomic mass is 9.67. The molecule has 2 aromatic carbocycles. The van der Waals surface area contributed by atoms with Crippen LogP contribution in [-0.2, 0) is 14.8 Å². The van der Waals surface area contributed by atoms with E-state index in [9.17, 15) is 8.42 Å². The average Bonchev–Trinajstić information content (AvgIpc) is 3.22. The fraction of sp³-hybridized carbons (Fsp3) is 0.500. The first kappa shape index (κ1) is 19.9. The molecular weight excluding hydrogens is 396 g/mol. The van der Waals surface area contributed by atoms with E-state index in [1.165, 1.54) is 32.1 Å². The second-order valence-corrected chi connectivity index (χ2v) is 10.9. The Balaban J connectivity index is 1.48. The van der Waals surface area contributed by atoms with Crippen molar-refractivity contribution < 1.29 is 13.2 Å². The van der Waals surface area contributed by atoms with Gasteiger partial charge in [-0.1, -0.05) is 25.3 Å². The molecule has 30 heavy (non-hydrogen) atoms. The van der Waals surface area contributed by atoms with Crippen molar-refractivity contribution in [1.29, 1.82) is 0 Å². The molecule has 2 unspecified atom stereocenters. The number of hydrogen-bond acceptors (Lipinski definition) is 4. The zero-order chi connectivity index (χ0) is 20.9. The lowest BCUT2D eigenvalue weighted by molar-refractivity contribution is 0.0560. The average molecular weight is 427 g/mol. The lowest BCUT2D eigenvalue weighted by Gasteiger charge is -2.49. The van der Waals surface area contributed by atoms with Gasteiger partial charge in [-0.25, -0.2) is 8.42 Å². The number of rotatable bonds is 3. The Bertz CT molecular complexity index is 1070. The zero-order valence-electron chi connectivity index (χ0n) is 17.7. The second kappa shape index (κ2) is 7.27. The maximum absolute atomic E-state index is 13.1. The summed E-state index contributed by atoms with van der Waals surface area (Å²) in [5, 5.41) is 3.83. The molecule has 2 heterocycles. The Morgan fingerprint density at radius 3 is 2.60 bits per heavy atom. The molecular formula is C24H30N2O3S. The van der Waals surface area contributed by atoms with Gasteiger partial charge in [-0.05, 0) is 74.6 Å². The van der Waals surface area contributed by atoms with Crippen molar-refractivity contribution in [2.45, 2.75) is 68.9 Å². The van der Waals surface area contributed by atoms with Crippen LogP contribution in [0, 0.1) is 19.8 Å². The van der Waals surface area contributed by atoms with E-state index in [-0.39, 0.29) is 16.5 Å². The summed E-state index contributed by atoms with van der Waals surface area (Å²) in [6.07, 6.45) is 7.16. The minimum absolute atomic E-state index is 0.0175. The summed E-state index contributed by atoms with van der Waals surface area (Å²) < 4.78 is 35.1. The van der Waals surface area contributed by atoms with E-state index >= 15 is 0 Å². The Morgan fingerprint density at radius 2 is 1.83 bits per heavy atom. The number of fused-ring (bicyclic) bond motifs is 4. The molecule has 1 aliphatic carbocycles. The maximum Gasteiger partial charge on any atom is 0.261 e. The Labute approximate surface area is 179 Å². The predicted octanol–water partition coefficient (Wildman–Crippen LogP) is 5.31. The van der Waals surface area contributed by atoms with Crippen molar-refractivity contribution >= 4 is 21.4 Å². The predicted molar refractivity (Wildman–Crippen MR) is 119 cm³/mol. The summed E-state index contributed by atoms with van der Waals surface area (Å²) in [7, 11) is -3.67. The van der Waals surface area contributed by atoms with Gasteiger partial charge in [0.25, 0.3) is 10.0 Å². The molecule has 2 aliphatic heterocycles. The van der Waals surface area contributed by atoms with E-state index in [0.29, 0.717) is 11.6 Å². The van der Waals surface area contributed by atoms with Gasteiger partial charge in [-0.15, -0.1) is 0 Å². The molecule has 2 aromatic rings. The molecule has 0 radical (unpaired) electrons. The molecule has 1 spiro atoms. The molecule has 0 amide bonds. The highest BCUT2D eigenvalue weighted by molar-refractivity contribution is 7.92. The number of anilines is 2. The summed E-state index contributed by atoms with van der Waals surface area (Å²) in [6.45, 7) is 4.74. The molecule has 3 aliphatic rings. The van der Waals surface area contributed by atoms with Crippen molar-refractivity contribution in [1.82, 2.24) is 0 Å². The fourth-order valence-electron chi connectivity index (χ4n) is 5.58. The number of nitrogens with one attached hydrogen (secondary N) is 2. The van der Waals surface area contributed by atoms with Crippen LogP contribution in [0.4, 0.5) is 11.4 Å². The number of sulfonamides is 1. The van der Waals surface area contributed by atoms with E-state index in [4.69, 9.17) is 4.74 Å². The molecule has 5 nitrogen and oxygen atoms in total. The number of hydrogen-bond donors (Lipinski definition) is 2. The first-order valence-corrected chi connectivity index (χ1v) is 12.5. The van der Waals surface area contributed by atoms with Gasteiger partial charge in [0, 0.05) is 35.0 Å². The van der Waals surface area contributed by atoms with E-state index in [2.05, 4.69) is 10.0 Å². The Kier molecular flexibility index (Phi) is 4.82. The third-order valence-corrected chi connectivity index (χ3v) is 8.71. The first-order chi connectivity index (χ1) is 14.4. The molecule has 2 N–H and O–H groups in total.